The molecule has 1 aliphatic rings. The van der Waals surface area contributed by atoms with E-state index in [-0.39, 0.29) is 6.10 Å². The van der Waals surface area contributed by atoms with Crippen LogP contribution in [-0.2, 0) is 4.74 Å². The molecule has 2 aromatic carbocycles. The molecule has 126 valence electrons. The SMILES string of the molecule is COc1c(/C=C/c2c(Cl)cccc2Cl)cccc1OC1CCOC1. The van der Waals surface area contributed by atoms with E-state index in [4.69, 9.17) is 37.4 Å². The van der Waals surface area contributed by atoms with Crippen molar-refractivity contribution in [3.63, 3.8) is 0 Å². The van der Waals surface area contributed by atoms with Crippen molar-refractivity contribution in [2.75, 3.05) is 20.3 Å². The van der Waals surface area contributed by atoms with Crippen molar-refractivity contribution in [1.29, 1.82) is 0 Å². The first-order valence-corrected chi connectivity index (χ1v) is 8.48. The summed E-state index contributed by atoms with van der Waals surface area (Å²) in [5, 5.41) is 1.21. The Morgan fingerprint density at radius 2 is 1.83 bits per heavy atom. The Balaban J connectivity index is 1.88. The van der Waals surface area contributed by atoms with Crippen LogP contribution in [0.25, 0.3) is 12.2 Å². The molecule has 0 bridgehead atoms. The van der Waals surface area contributed by atoms with Crippen molar-refractivity contribution < 1.29 is 14.2 Å². The Morgan fingerprint density at radius 3 is 2.50 bits per heavy atom. The normalized spacial score (nSPS) is 17.4. The molecule has 1 saturated heterocycles. The van der Waals surface area contributed by atoms with Gasteiger partial charge in [-0.15, -0.1) is 0 Å². The Kier molecular flexibility index (Phi) is 5.67. The summed E-state index contributed by atoms with van der Waals surface area (Å²) in [6.07, 6.45) is 4.75. The van der Waals surface area contributed by atoms with Crippen molar-refractivity contribution in [3.05, 3.63) is 57.6 Å². The van der Waals surface area contributed by atoms with E-state index in [1.165, 1.54) is 0 Å². The Morgan fingerprint density at radius 1 is 1.08 bits per heavy atom. The first-order valence-electron chi connectivity index (χ1n) is 7.72. The molecule has 1 atom stereocenters. The molecule has 3 nitrogen and oxygen atoms in total. The summed E-state index contributed by atoms with van der Waals surface area (Å²) < 4.78 is 16.9. The molecule has 1 unspecified atom stereocenters. The Labute approximate surface area is 151 Å². The molecule has 5 heteroatoms. The molecular weight excluding hydrogens is 347 g/mol. The third-order valence-corrected chi connectivity index (χ3v) is 4.48. The number of rotatable bonds is 5. The topological polar surface area (TPSA) is 27.7 Å². The highest BCUT2D eigenvalue weighted by Crippen LogP contribution is 2.35. The van der Waals surface area contributed by atoms with Crippen LogP contribution in [0.3, 0.4) is 0 Å². The maximum absolute atomic E-state index is 6.21. The Hall–Kier alpha value is -1.68. The van der Waals surface area contributed by atoms with Crippen molar-refractivity contribution >= 4 is 35.4 Å². The van der Waals surface area contributed by atoms with Gasteiger partial charge in [-0.3, -0.25) is 0 Å². The first-order chi connectivity index (χ1) is 11.7. The van der Waals surface area contributed by atoms with Gasteiger partial charge in [0.2, 0.25) is 0 Å². The molecule has 0 saturated carbocycles. The smallest absolute Gasteiger partial charge is 0.167 e. The van der Waals surface area contributed by atoms with Crippen molar-refractivity contribution in [1.82, 2.24) is 0 Å². The van der Waals surface area contributed by atoms with Crippen molar-refractivity contribution in [2.45, 2.75) is 12.5 Å². The zero-order chi connectivity index (χ0) is 16.9. The van der Waals surface area contributed by atoms with Gasteiger partial charge in [0.25, 0.3) is 0 Å². The van der Waals surface area contributed by atoms with Crippen LogP contribution in [0.1, 0.15) is 17.5 Å². The second-order valence-corrected chi connectivity index (χ2v) is 6.27. The maximum Gasteiger partial charge on any atom is 0.167 e. The lowest BCUT2D eigenvalue weighted by atomic mass is 10.1. The third kappa shape index (κ3) is 3.86. The quantitative estimate of drug-likeness (QED) is 0.670. The largest absolute Gasteiger partial charge is 0.492 e. The third-order valence-electron chi connectivity index (χ3n) is 3.82. The molecule has 1 fully saturated rings. The predicted octanol–water partition coefficient (Wildman–Crippen LogP) is 5.34. The van der Waals surface area contributed by atoms with Crippen LogP contribution in [0.15, 0.2) is 36.4 Å². The Bertz CT molecular complexity index is 717. The van der Waals surface area contributed by atoms with Crippen LogP contribution < -0.4 is 9.47 Å². The minimum Gasteiger partial charge on any atom is -0.492 e. The van der Waals surface area contributed by atoms with Gasteiger partial charge in [0, 0.05) is 27.6 Å². The van der Waals surface area contributed by atoms with Crippen LogP contribution in [-0.4, -0.2) is 26.4 Å². The van der Waals surface area contributed by atoms with Crippen LogP contribution in [0, 0.1) is 0 Å². The highest BCUT2D eigenvalue weighted by atomic mass is 35.5. The van der Waals surface area contributed by atoms with Crippen LogP contribution in [0.5, 0.6) is 11.5 Å². The average molecular weight is 365 g/mol. The van der Waals surface area contributed by atoms with Gasteiger partial charge in [-0.2, -0.15) is 0 Å². The standard InChI is InChI=1S/C19H18Cl2O3/c1-22-19-13(8-9-15-16(20)5-3-6-17(15)21)4-2-7-18(19)24-14-10-11-23-12-14/h2-9,14H,10-12H2,1H3/b9-8+. The summed E-state index contributed by atoms with van der Waals surface area (Å²) in [7, 11) is 1.63. The number of benzene rings is 2. The number of hydrogen-bond acceptors (Lipinski definition) is 3. The fraction of sp³-hybridized carbons (Fsp3) is 0.263. The summed E-state index contributed by atoms with van der Waals surface area (Å²) in [5.41, 5.74) is 1.67. The monoisotopic (exact) mass is 364 g/mol. The minimum atomic E-state index is 0.0659. The van der Waals surface area contributed by atoms with E-state index in [1.807, 2.05) is 48.6 Å². The molecule has 1 aliphatic heterocycles. The maximum atomic E-state index is 6.21. The summed E-state index contributed by atoms with van der Waals surface area (Å²) in [4.78, 5) is 0. The van der Waals surface area contributed by atoms with Gasteiger partial charge in [0.1, 0.15) is 6.10 Å². The fourth-order valence-corrected chi connectivity index (χ4v) is 3.13. The molecule has 0 N–H and O–H groups in total. The van der Waals surface area contributed by atoms with Gasteiger partial charge in [0.05, 0.1) is 20.3 Å². The molecule has 0 aromatic heterocycles. The van der Waals surface area contributed by atoms with E-state index in [0.29, 0.717) is 28.2 Å². The molecule has 1 heterocycles. The van der Waals surface area contributed by atoms with Gasteiger partial charge >= 0.3 is 0 Å². The number of ether oxygens (including phenoxy) is 3. The van der Waals surface area contributed by atoms with Crippen LogP contribution in [0.2, 0.25) is 10.0 Å². The molecule has 2 aromatic rings. The lowest BCUT2D eigenvalue weighted by molar-refractivity contribution is 0.138. The molecular formula is C19H18Cl2O3. The summed E-state index contributed by atoms with van der Waals surface area (Å²) in [5.74, 6) is 1.39. The van der Waals surface area contributed by atoms with Gasteiger partial charge in [-0.25, -0.2) is 0 Å². The van der Waals surface area contributed by atoms with Gasteiger partial charge in [0.15, 0.2) is 11.5 Å². The van der Waals surface area contributed by atoms with E-state index < -0.39 is 0 Å². The number of methoxy groups -OCH3 is 1. The van der Waals surface area contributed by atoms with E-state index in [1.54, 1.807) is 7.11 Å². The van der Waals surface area contributed by atoms with E-state index >= 15 is 0 Å². The number of halogens is 2. The van der Waals surface area contributed by atoms with Gasteiger partial charge in [-0.05, 0) is 18.2 Å². The lowest BCUT2D eigenvalue weighted by Gasteiger charge is -2.16. The number of para-hydroxylation sites is 1. The molecule has 0 aliphatic carbocycles. The van der Waals surface area contributed by atoms with Crippen molar-refractivity contribution in [2.24, 2.45) is 0 Å². The van der Waals surface area contributed by atoms with E-state index in [9.17, 15) is 0 Å². The predicted molar refractivity (Wildman–Crippen MR) is 98.2 cm³/mol. The van der Waals surface area contributed by atoms with Crippen molar-refractivity contribution in [3.8, 4) is 11.5 Å². The van der Waals surface area contributed by atoms with Crippen LogP contribution >= 0.6 is 23.2 Å². The van der Waals surface area contributed by atoms with E-state index in [0.717, 1.165) is 24.2 Å². The first kappa shape index (κ1) is 17.2. The molecule has 0 amide bonds. The summed E-state index contributed by atoms with van der Waals surface area (Å²) in [6.45, 7) is 1.34. The molecule has 3 rings (SSSR count). The fourth-order valence-electron chi connectivity index (χ4n) is 2.60. The molecule has 0 spiro atoms. The lowest BCUT2D eigenvalue weighted by Crippen LogP contribution is -2.16. The zero-order valence-corrected chi connectivity index (χ0v) is 14.8. The minimum absolute atomic E-state index is 0.0659. The summed E-state index contributed by atoms with van der Waals surface area (Å²) >= 11 is 12.4. The van der Waals surface area contributed by atoms with Crippen LogP contribution in [0.4, 0.5) is 0 Å². The second-order valence-electron chi connectivity index (χ2n) is 5.45. The van der Waals surface area contributed by atoms with Gasteiger partial charge in [-0.1, -0.05) is 53.6 Å². The molecule has 24 heavy (non-hydrogen) atoms. The van der Waals surface area contributed by atoms with Gasteiger partial charge < -0.3 is 14.2 Å². The average Bonchev–Trinajstić information content (AvgIpc) is 3.07. The highest BCUT2D eigenvalue weighted by Gasteiger charge is 2.19. The van der Waals surface area contributed by atoms with E-state index in [2.05, 4.69) is 0 Å². The zero-order valence-electron chi connectivity index (χ0n) is 13.3. The molecule has 0 radical (unpaired) electrons. The summed E-state index contributed by atoms with van der Waals surface area (Å²) in [6, 6.07) is 11.2. The second kappa shape index (κ2) is 7.93. The number of hydrogen-bond donors (Lipinski definition) is 0. The highest BCUT2D eigenvalue weighted by molar-refractivity contribution is 6.37.